The first kappa shape index (κ1) is 26.2. The zero-order chi connectivity index (χ0) is 27.8. The molecule has 2 aliphatic heterocycles. The van der Waals surface area contributed by atoms with Gasteiger partial charge in [0, 0.05) is 12.0 Å². The molecule has 2 atom stereocenters. The Morgan fingerprint density at radius 3 is 2.69 bits per heavy atom. The number of benzene rings is 2. The Bertz CT molecular complexity index is 1520. The van der Waals surface area contributed by atoms with Crippen LogP contribution in [0.2, 0.25) is 0 Å². The fraction of sp³-hybridized carbons (Fsp3) is 0.241. The van der Waals surface area contributed by atoms with E-state index in [-0.39, 0.29) is 34.1 Å². The van der Waals surface area contributed by atoms with E-state index in [1.807, 2.05) is 6.92 Å². The first-order valence-corrected chi connectivity index (χ1v) is 13.1. The van der Waals surface area contributed by atoms with E-state index >= 15 is 0 Å². The zero-order valence-corrected chi connectivity index (χ0v) is 22.4. The molecule has 0 radical (unpaired) electrons. The van der Waals surface area contributed by atoms with Crippen LogP contribution in [-0.4, -0.2) is 47.6 Å². The minimum absolute atomic E-state index is 0.00258. The van der Waals surface area contributed by atoms with Crippen molar-refractivity contribution < 1.29 is 33.7 Å². The Kier molecular flexibility index (Phi) is 6.96. The highest BCUT2D eigenvalue weighted by atomic mass is 32.1. The third-order valence-corrected chi connectivity index (χ3v) is 7.69. The molecule has 3 heterocycles. The number of aryl methyl sites for hydroxylation is 1. The summed E-state index contributed by atoms with van der Waals surface area (Å²) in [4.78, 5) is 45.4. The Morgan fingerprint density at radius 2 is 2.00 bits per heavy atom. The van der Waals surface area contributed by atoms with Gasteiger partial charge >= 0.3 is 11.9 Å². The number of aliphatic hydroxyl groups is 1. The minimum Gasteiger partial charge on any atom is -0.507 e. The molecule has 3 aromatic rings. The molecule has 39 heavy (non-hydrogen) atoms. The van der Waals surface area contributed by atoms with Crippen LogP contribution in [0.5, 0.6) is 11.5 Å². The van der Waals surface area contributed by atoms with Gasteiger partial charge in [0.25, 0.3) is 5.78 Å². The van der Waals surface area contributed by atoms with Crippen molar-refractivity contribution in [1.29, 1.82) is 0 Å². The number of hydrogen-bond acceptors (Lipinski definition) is 9. The second-order valence-corrected chi connectivity index (χ2v) is 10.2. The largest absolute Gasteiger partial charge is 0.507 e. The fourth-order valence-electron chi connectivity index (χ4n) is 4.73. The topological polar surface area (TPSA) is 115 Å². The van der Waals surface area contributed by atoms with Crippen LogP contribution >= 0.6 is 11.3 Å². The number of nitrogens with zero attached hydrogens (tertiary/aromatic N) is 2. The molecule has 0 spiro atoms. The van der Waals surface area contributed by atoms with Crippen molar-refractivity contribution in [3.05, 3.63) is 88.0 Å². The molecular weight excluding hydrogens is 520 g/mol. The number of carbonyl (C=O) groups is 3. The van der Waals surface area contributed by atoms with E-state index in [0.29, 0.717) is 29.0 Å². The number of hydrogen-bond donors (Lipinski definition) is 1. The molecule has 2 aliphatic rings. The van der Waals surface area contributed by atoms with Crippen LogP contribution in [0.25, 0.3) is 5.76 Å². The van der Waals surface area contributed by atoms with Crippen molar-refractivity contribution in [2.24, 2.45) is 0 Å². The number of carbonyl (C=O) groups excluding carboxylic acids is 3. The number of fused-ring (bicyclic) bond motifs is 1. The van der Waals surface area contributed by atoms with E-state index in [4.69, 9.17) is 14.2 Å². The lowest BCUT2D eigenvalue weighted by atomic mass is 9.94. The van der Waals surface area contributed by atoms with Crippen LogP contribution < -0.4 is 14.4 Å². The van der Waals surface area contributed by atoms with Gasteiger partial charge in [-0.3, -0.25) is 14.5 Å². The van der Waals surface area contributed by atoms with Crippen molar-refractivity contribution in [2.45, 2.75) is 32.4 Å². The molecule has 10 heteroatoms. The fourth-order valence-corrected chi connectivity index (χ4v) is 5.72. The molecule has 0 saturated carbocycles. The van der Waals surface area contributed by atoms with Crippen LogP contribution in [0.3, 0.4) is 0 Å². The van der Waals surface area contributed by atoms with Crippen molar-refractivity contribution in [3.63, 3.8) is 0 Å². The average Bonchev–Trinajstić information content (AvgIpc) is 3.58. The molecule has 1 N–H and O–H groups in total. The number of Topliss-reactive ketones (excluding diaryl/α,β-unsaturated/α-hetero) is 1. The number of anilines is 1. The molecule has 2 aromatic carbocycles. The monoisotopic (exact) mass is 546 g/mol. The molecule has 0 bridgehead atoms. The smallest absolute Gasteiger partial charge is 0.350 e. The van der Waals surface area contributed by atoms with E-state index in [1.165, 1.54) is 18.1 Å². The molecular formula is C29H26N2O7S. The van der Waals surface area contributed by atoms with Crippen molar-refractivity contribution >= 4 is 39.9 Å². The third kappa shape index (κ3) is 4.67. The van der Waals surface area contributed by atoms with Gasteiger partial charge in [-0.2, -0.15) is 0 Å². The lowest BCUT2D eigenvalue weighted by molar-refractivity contribution is -0.132. The van der Waals surface area contributed by atoms with Crippen LogP contribution in [0.4, 0.5) is 5.13 Å². The summed E-state index contributed by atoms with van der Waals surface area (Å²) in [5, 5.41) is 11.6. The van der Waals surface area contributed by atoms with Crippen molar-refractivity contribution in [3.8, 4) is 11.5 Å². The number of aromatic nitrogens is 1. The normalized spacial score (nSPS) is 19.5. The Labute approximate surface area is 229 Å². The van der Waals surface area contributed by atoms with E-state index in [2.05, 4.69) is 11.6 Å². The zero-order valence-electron chi connectivity index (χ0n) is 21.6. The number of esters is 1. The molecule has 1 saturated heterocycles. The van der Waals surface area contributed by atoms with Gasteiger partial charge in [-0.05, 0) is 55.3 Å². The van der Waals surface area contributed by atoms with E-state index in [1.54, 1.807) is 49.4 Å². The Hall–Kier alpha value is -4.44. The molecule has 0 aliphatic carbocycles. The molecule has 0 unspecified atom stereocenters. The van der Waals surface area contributed by atoms with Crippen LogP contribution in [0.15, 0.2) is 60.7 Å². The van der Waals surface area contributed by atoms with Gasteiger partial charge in [-0.15, -0.1) is 0 Å². The predicted octanol–water partition coefficient (Wildman–Crippen LogP) is 4.75. The van der Waals surface area contributed by atoms with E-state index in [9.17, 15) is 19.5 Å². The number of ketones is 1. The van der Waals surface area contributed by atoms with Crippen LogP contribution in [0, 0.1) is 6.92 Å². The Balaban J connectivity index is 1.64. The second kappa shape index (κ2) is 10.4. The molecule has 1 fully saturated rings. The summed E-state index contributed by atoms with van der Waals surface area (Å²) in [5.74, 6) is -1.33. The summed E-state index contributed by atoms with van der Waals surface area (Å²) in [6.45, 7) is 7.13. The molecule has 200 valence electrons. The van der Waals surface area contributed by atoms with Crippen LogP contribution in [0.1, 0.15) is 45.0 Å². The summed E-state index contributed by atoms with van der Waals surface area (Å²) >= 11 is 0.941. The first-order valence-electron chi connectivity index (χ1n) is 12.2. The summed E-state index contributed by atoms with van der Waals surface area (Å²) < 4.78 is 16.2. The SMILES string of the molecule is C=CCOC(=O)c1sc(N2C(=O)C(=O)C(=C(O)c3ccc4c(c3)C[C@H](C)O4)[C@H]2c2ccc(OC)cc2)nc1C. The molecule has 5 rings (SSSR count). The van der Waals surface area contributed by atoms with E-state index in [0.717, 1.165) is 22.6 Å². The summed E-state index contributed by atoms with van der Waals surface area (Å²) in [6.07, 6.45) is 2.11. The lowest BCUT2D eigenvalue weighted by Gasteiger charge is -2.23. The highest BCUT2D eigenvalue weighted by Crippen LogP contribution is 2.44. The average molecular weight is 547 g/mol. The summed E-state index contributed by atoms with van der Waals surface area (Å²) in [6, 6.07) is 11.0. The lowest BCUT2D eigenvalue weighted by Crippen LogP contribution is -2.29. The number of amides is 1. The Morgan fingerprint density at radius 1 is 1.26 bits per heavy atom. The van der Waals surface area contributed by atoms with E-state index < -0.39 is 23.7 Å². The minimum atomic E-state index is -0.998. The quantitative estimate of drug-likeness (QED) is 0.148. The van der Waals surface area contributed by atoms with Gasteiger partial charge in [0.1, 0.15) is 34.8 Å². The van der Waals surface area contributed by atoms with Gasteiger partial charge in [-0.25, -0.2) is 9.78 Å². The van der Waals surface area contributed by atoms with Gasteiger partial charge in [0.05, 0.1) is 24.4 Å². The third-order valence-electron chi connectivity index (χ3n) is 6.55. The molecule has 1 aromatic heterocycles. The maximum absolute atomic E-state index is 13.5. The van der Waals surface area contributed by atoms with Gasteiger partial charge in [-0.1, -0.05) is 36.1 Å². The van der Waals surface area contributed by atoms with Gasteiger partial charge < -0.3 is 19.3 Å². The predicted molar refractivity (Wildman–Crippen MR) is 145 cm³/mol. The maximum atomic E-state index is 13.5. The van der Waals surface area contributed by atoms with Crippen molar-refractivity contribution in [1.82, 2.24) is 4.98 Å². The maximum Gasteiger partial charge on any atom is 0.350 e. The summed E-state index contributed by atoms with van der Waals surface area (Å²) in [7, 11) is 1.53. The highest BCUT2D eigenvalue weighted by molar-refractivity contribution is 7.17. The number of thiazole rings is 1. The second-order valence-electron chi connectivity index (χ2n) is 9.20. The number of ether oxygens (including phenoxy) is 3. The molecule has 9 nitrogen and oxygen atoms in total. The standard InChI is InChI=1S/C29H26N2O7S/c1-5-12-37-28(35)26-16(3)30-29(39-26)31-23(17-6-9-20(36-4)10-7-17)22(25(33)27(31)34)24(32)18-8-11-21-19(14-18)13-15(2)38-21/h5-11,14-15,23,32H,1,12-13H2,2-4H3/t15-,23+/m0/s1. The van der Waals surface area contributed by atoms with Crippen LogP contribution in [-0.2, 0) is 20.7 Å². The van der Waals surface area contributed by atoms with Gasteiger partial charge in [0.15, 0.2) is 5.13 Å². The van der Waals surface area contributed by atoms with Gasteiger partial charge in [0.2, 0.25) is 0 Å². The van der Waals surface area contributed by atoms with Crippen molar-refractivity contribution in [2.75, 3.05) is 18.6 Å². The molecule has 1 amide bonds. The highest BCUT2D eigenvalue weighted by Gasteiger charge is 2.48. The first-order chi connectivity index (χ1) is 18.7. The number of methoxy groups -OCH3 is 1. The number of aliphatic hydroxyl groups excluding tert-OH is 1. The number of rotatable bonds is 7. The summed E-state index contributed by atoms with van der Waals surface area (Å²) in [5.41, 5.74) is 2.12.